The lowest BCUT2D eigenvalue weighted by Crippen LogP contribution is -2.43. The number of rotatable bonds is 9. The average molecular weight is 478 g/mol. The highest BCUT2D eigenvalue weighted by atomic mass is 32.1. The fourth-order valence-electron chi connectivity index (χ4n) is 4.06. The highest BCUT2D eigenvalue weighted by Gasteiger charge is 2.20. The van der Waals surface area contributed by atoms with E-state index in [1.165, 1.54) is 5.56 Å². The van der Waals surface area contributed by atoms with E-state index in [-0.39, 0.29) is 11.9 Å². The van der Waals surface area contributed by atoms with Crippen molar-refractivity contribution in [2.75, 3.05) is 20.2 Å². The third-order valence-electron chi connectivity index (χ3n) is 5.85. The van der Waals surface area contributed by atoms with Crippen LogP contribution in [0.2, 0.25) is 0 Å². The monoisotopic (exact) mass is 477 g/mol. The van der Waals surface area contributed by atoms with Crippen molar-refractivity contribution in [3.8, 4) is 11.5 Å². The van der Waals surface area contributed by atoms with Gasteiger partial charge in [0, 0.05) is 42.7 Å². The van der Waals surface area contributed by atoms with Gasteiger partial charge in [0.05, 0.1) is 17.8 Å². The zero-order chi connectivity index (χ0) is 23.8. The smallest absolute Gasteiger partial charge is 0.244 e. The third-order valence-corrected chi connectivity index (χ3v) is 6.67. The lowest BCUT2D eigenvalue weighted by atomic mass is 10.0. The van der Waals surface area contributed by atoms with E-state index in [0.717, 1.165) is 60.2 Å². The molecule has 0 saturated carbocycles. The summed E-state index contributed by atoms with van der Waals surface area (Å²) < 4.78 is 11.3. The summed E-state index contributed by atoms with van der Waals surface area (Å²) >= 11 is 1.61. The van der Waals surface area contributed by atoms with Gasteiger partial charge in [0.1, 0.15) is 18.1 Å². The third kappa shape index (κ3) is 6.92. The van der Waals surface area contributed by atoms with Crippen LogP contribution in [0.3, 0.4) is 0 Å². The number of amides is 1. The molecule has 2 aromatic carbocycles. The number of aryl methyl sites for hydroxylation is 1. The standard InChI is InChI=1S/C27H31N3O3S/c1-20-28-24(19-34-20)18-33-26-9-4-3-7-22(26)10-11-27(31)29-23-12-14-30(15-13-23)17-21-6-5-8-25(16-21)32-2/h3-11,16,19,23H,12-15,17-18H2,1-2H3,(H,29,31). The van der Waals surface area contributed by atoms with Crippen LogP contribution in [0.5, 0.6) is 11.5 Å². The number of piperidine rings is 1. The number of likely N-dealkylation sites (tertiary alicyclic amines) is 1. The van der Waals surface area contributed by atoms with Gasteiger partial charge in [-0.15, -0.1) is 11.3 Å². The van der Waals surface area contributed by atoms with Crippen molar-refractivity contribution in [3.63, 3.8) is 0 Å². The Balaban J connectivity index is 1.24. The van der Waals surface area contributed by atoms with Crippen molar-refractivity contribution >= 4 is 23.3 Å². The quantitative estimate of drug-likeness (QED) is 0.447. The first-order valence-electron chi connectivity index (χ1n) is 11.6. The second-order valence-corrected chi connectivity index (χ2v) is 9.49. The molecular formula is C27H31N3O3S. The molecule has 0 spiro atoms. The summed E-state index contributed by atoms with van der Waals surface area (Å²) in [5.41, 5.74) is 3.03. The lowest BCUT2D eigenvalue weighted by molar-refractivity contribution is -0.117. The van der Waals surface area contributed by atoms with Crippen LogP contribution in [-0.4, -0.2) is 42.0 Å². The molecule has 1 aliphatic rings. The maximum Gasteiger partial charge on any atom is 0.244 e. The number of hydrogen-bond donors (Lipinski definition) is 1. The Morgan fingerprint density at radius 2 is 2.03 bits per heavy atom. The first kappa shape index (κ1) is 24.0. The van der Waals surface area contributed by atoms with Crippen molar-refractivity contribution < 1.29 is 14.3 Å². The number of hydrogen-bond acceptors (Lipinski definition) is 6. The van der Waals surface area contributed by atoms with Gasteiger partial charge in [-0.25, -0.2) is 4.98 Å². The van der Waals surface area contributed by atoms with E-state index < -0.39 is 0 Å². The first-order valence-corrected chi connectivity index (χ1v) is 12.4. The summed E-state index contributed by atoms with van der Waals surface area (Å²) in [5, 5.41) is 6.18. The number of nitrogens with zero attached hydrogens (tertiary/aromatic N) is 2. The zero-order valence-electron chi connectivity index (χ0n) is 19.7. The minimum atomic E-state index is -0.0730. The van der Waals surface area contributed by atoms with Crippen LogP contribution in [0.1, 0.15) is 34.7 Å². The summed E-state index contributed by atoms with van der Waals surface area (Å²) in [6.45, 7) is 5.20. The minimum absolute atomic E-state index is 0.0730. The Labute approximate surface area is 205 Å². The number of ether oxygens (including phenoxy) is 2. The molecule has 178 valence electrons. The molecule has 34 heavy (non-hydrogen) atoms. The van der Waals surface area contributed by atoms with Crippen molar-refractivity contribution in [2.24, 2.45) is 0 Å². The first-order chi connectivity index (χ1) is 16.6. The van der Waals surface area contributed by atoms with Gasteiger partial charge in [0.25, 0.3) is 0 Å². The van der Waals surface area contributed by atoms with Gasteiger partial charge in [-0.1, -0.05) is 30.3 Å². The Hall–Kier alpha value is -3.16. The number of aromatic nitrogens is 1. The number of benzene rings is 2. The molecule has 0 bridgehead atoms. The number of thiazole rings is 1. The predicted octanol–water partition coefficient (Wildman–Crippen LogP) is 4.83. The molecule has 1 aliphatic heterocycles. The van der Waals surface area contributed by atoms with Crippen LogP contribution >= 0.6 is 11.3 Å². The van der Waals surface area contributed by atoms with Crippen LogP contribution < -0.4 is 14.8 Å². The molecule has 6 nitrogen and oxygen atoms in total. The Kier molecular flexibility index (Phi) is 8.33. The van der Waals surface area contributed by atoms with Gasteiger partial charge in [-0.2, -0.15) is 0 Å². The highest BCUT2D eigenvalue weighted by molar-refractivity contribution is 7.09. The van der Waals surface area contributed by atoms with E-state index in [4.69, 9.17) is 9.47 Å². The van der Waals surface area contributed by atoms with Crippen molar-refractivity contribution in [3.05, 3.63) is 81.8 Å². The number of carbonyl (C=O) groups excluding carboxylic acids is 1. The summed E-state index contributed by atoms with van der Waals surface area (Å²) in [6, 6.07) is 16.1. The molecule has 0 atom stereocenters. The maximum absolute atomic E-state index is 12.5. The van der Waals surface area contributed by atoms with Gasteiger partial charge in [0.15, 0.2) is 0 Å². The molecule has 3 aromatic rings. The Bertz CT molecular complexity index is 1120. The highest BCUT2D eigenvalue weighted by Crippen LogP contribution is 2.22. The van der Waals surface area contributed by atoms with Crippen molar-refractivity contribution in [2.45, 2.75) is 39.0 Å². The minimum Gasteiger partial charge on any atom is -0.497 e. The normalized spacial score (nSPS) is 14.9. The molecule has 0 radical (unpaired) electrons. The molecule has 1 fully saturated rings. The number of methoxy groups -OCH3 is 1. The van der Waals surface area contributed by atoms with E-state index in [2.05, 4.69) is 27.3 Å². The van der Waals surface area contributed by atoms with Gasteiger partial charge < -0.3 is 14.8 Å². The molecule has 1 aromatic heterocycles. The van der Waals surface area contributed by atoms with E-state index in [1.807, 2.05) is 54.8 Å². The number of nitrogens with one attached hydrogen (secondary N) is 1. The molecule has 1 N–H and O–H groups in total. The Morgan fingerprint density at radius 1 is 1.21 bits per heavy atom. The topological polar surface area (TPSA) is 63.7 Å². The summed E-state index contributed by atoms with van der Waals surface area (Å²) in [7, 11) is 1.69. The average Bonchev–Trinajstić information content (AvgIpc) is 3.28. The second kappa shape index (κ2) is 11.8. The number of para-hydroxylation sites is 1. The zero-order valence-corrected chi connectivity index (χ0v) is 20.5. The predicted molar refractivity (Wildman–Crippen MR) is 136 cm³/mol. The van der Waals surface area contributed by atoms with Gasteiger partial charge in [0.2, 0.25) is 5.91 Å². The fraction of sp³-hybridized carbons (Fsp3) is 0.333. The van der Waals surface area contributed by atoms with E-state index in [1.54, 1.807) is 24.5 Å². The van der Waals surface area contributed by atoms with Crippen LogP contribution in [0.15, 0.2) is 60.0 Å². The molecule has 4 rings (SSSR count). The summed E-state index contributed by atoms with van der Waals surface area (Å²) in [4.78, 5) is 19.4. The molecule has 0 unspecified atom stereocenters. The van der Waals surface area contributed by atoms with Crippen molar-refractivity contribution in [1.82, 2.24) is 15.2 Å². The van der Waals surface area contributed by atoms with Gasteiger partial charge >= 0.3 is 0 Å². The van der Waals surface area contributed by atoms with Crippen LogP contribution in [-0.2, 0) is 17.9 Å². The SMILES string of the molecule is COc1cccc(CN2CCC(NC(=O)C=Cc3ccccc3OCc3csc(C)n3)CC2)c1. The second-order valence-electron chi connectivity index (χ2n) is 8.43. The summed E-state index contributed by atoms with van der Waals surface area (Å²) in [6.07, 6.45) is 5.29. The molecule has 7 heteroatoms. The summed E-state index contributed by atoms with van der Waals surface area (Å²) in [5.74, 6) is 1.55. The molecule has 2 heterocycles. The fourth-order valence-corrected chi connectivity index (χ4v) is 4.65. The van der Waals surface area contributed by atoms with Crippen molar-refractivity contribution in [1.29, 1.82) is 0 Å². The van der Waals surface area contributed by atoms with Crippen LogP contribution in [0.25, 0.3) is 6.08 Å². The Morgan fingerprint density at radius 3 is 2.79 bits per heavy atom. The van der Waals surface area contributed by atoms with Crippen LogP contribution in [0.4, 0.5) is 0 Å². The van der Waals surface area contributed by atoms with E-state index in [0.29, 0.717) is 6.61 Å². The molecule has 0 aliphatic carbocycles. The molecule has 1 saturated heterocycles. The van der Waals surface area contributed by atoms with E-state index >= 15 is 0 Å². The van der Waals surface area contributed by atoms with Gasteiger partial charge in [-0.05, 0) is 49.6 Å². The molecular weight excluding hydrogens is 446 g/mol. The molecule has 1 amide bonds. The maximum atomic E-state index is 12.5. The number of carbonyl (C=O) groups is 1. The lowest BCUT2D eigenvalue weighted by Gasteiger charge is -2.32. The largest absolute Gasteiger partial charge is 0.497 e. The van der Waals surface area contributed by atoms with E-state index in [9.17, 15) is 4.79 Å². The van der Waals surface area contributed by atoms with Crippen LogP contribution in [0, 0.1) is 6.92 Å². The van der Waals surface area contributed by atoms with Gasteiger partial charge in [-0.3, -0.25) is 9.69 Å².